The molecule has 0 radical (unpaired) electrons. The number of amides is 1. The number of anilines is 1. The fourth-order valence-electron chi connectivity index (χ4n) is 2.10. The highest BCUT2D eigenvalue weighted by Gasteiger charge is 2.28. The summed E-state index contributed by atoms with van der Waals surface area (Å²) in [5.41, 5.74) is 5.83. The van der Waals surface area contributed by atoms with Crippen molar-refractivity contribution in [2.24, 2.45) is 5.92 Å². The van der Waals surface area contributed by atoms with E-state index in [-0.39, 0.29) is 17.8 Å². The van der Waals surface area contributed by atoms with Crippen LogP contribution in [0.5, 0.6) is 0 Å². The molecule has 0 bridgehead atoms. The third-order valence-electron chi connectivity index (χ3n) is 3.14. The van der Waals surface area contributed by atoms with Crippen LogP contribution in [-0.2, 0) is 9.53 Å². The molecule has 1 fully saturated rings. The normalized spacial score (nSPS) is 16.6. The van der Waals surface area contributed by atoms with Crippen LogP contribution in [0.15, 0.2) is 6.07 Å². The molecule has 0 aliphatic carbocycles. The molecule has 0 aromatic carbocycles. The number of piperidine rings is 1. The van der Waals surface area contributed by atoms with Crippen LogP contribution in [0.1, 0.15) is 23.3 Å². The second-order valence-corrected chi connectivity index (χ2v) is 4.30. The Kier molecular flexibility index (Phi) is 3.50. The average Bonchev–Trinajstić information content (AvgIpc) is 2.84. The van der Waals surface area contributed by atoms with Gasteiger partial charge >= 0.3 is 5.97 Å². The molecule has 1 aliphatic rings. The van der Waals surface area contributed by atoms with Gasteiger partial charge in [-0.1, -0.05) is 0 Å². The highest BCUT2D eigenvalue weighted by atomic mass is 16.5. The van der Waals surface area contributed by atoms with E-state index in [0.717, 1.165) is 0 Å². The van der Waals surface area contributed by atoms with Crippen LogP contribution in [0.25, 0.3) is 0 Å². The summed E-state index contributed by atoms with van der Waals surface area (Å²) in [5, 5.41) is 6.31. The standard InChI is InChI=1S/C11H16N4O3/c1-18-11(17)7-2-4-15(5-3-7)10(16)8-6-9(12)14-13-8/h6-7H,2-5H2,1H3,(H3,12,13,14). The molecule has 0 atom stereocenters. The summed E-state index contributed by atoms with van der Waals surface area (Å²) in [5.74, 6) is -0.149. The van der Waals surface area contributed by atoms with Gasteiger partial charge in [-0.25, -0.2) is 0 Å². The van der Waals surface area contributed by atoms with Crippen molar-refractivity contribution in [3.8, 4) is 0 Å². The monoisotopic (exact) mass is 252 g/mol. The lowest BCUT2D eigenvalue weighted by Gasteiger charge is -2.30. The number of carbonyl (C=O) groups is 2. The van der Waals surface area contributed by atoms with Crippen LogP contribution in [0.2, 0.25) is 0 Å². The number of nitrogens with two attached hydrogens (primary N) is 1. The summed E-state index contributed by atoms with van der Waals surface area (Å²) in [6.07, 6.45) is 1.25. The number of methoxy groups -OCH3 is 1. The summed E-state index contributed by atoms with van der Waals surface area (Å²) >= 11 is 0. The van der Waals surface area contributed by atoms with Crippen molar-refractivity contribution in [2.45, 2.75) is 12.8 Å². The Morgan fingerprint density at radius 2 is 2.17 bits per heavy atom. The molecule has 1 saturated heterocycles. The molecule has 7 heteroatoms. The van der Waals surface area contributed by atoms with Crippen molar-refractivity contribution in [1.82, 2.24) is 15.1 Å². The van der Waals surface area contributed by atoms with Crippen molar-refractivity contribution in [1.29, 1.82) is 0 Å². The molecular formula is C11H16N4O3. The van der Waals surface area contributed by atoms with E-state index in [2.05, 4.69) is 10.2 Å². The second-order valence-electron chi connectivity index (χ2n) is 4.30. The molecule has 18 heavy (non-hydrogen) atoms. The Morgan fingerprint density at radius 1 is 1.50 bits per heavy atom. The molecule has 2 heterocycles. The Labute approximate surface area is 104 Å². The van der Waals surface area contributed by atoms with Crippen LogP contribution in [0, 0.1) is 5.92 Å². The smallest absolute Gasteiger partial charge is 0.308 e. The number of rotatable bonds is 2. The molecule has 1 aromatic rings. The van der Waals surface area contributed by atoms with Gasteiger partial charge in [0, 0.05) is 19.2 Å². The number of hydrogen-bond donors (Lipinski definition) is 2. The zero-order valence-electron chi connectivity index (χ0n) is 10.2. The highest BCUT2D eigenvalue weighted by molar-refractivity contribution is 5.93. The van der Waals surface area contributed by atoms with Gasteiger partial charge in [0.25, 0.3) is 5.91 Å². The fourth-order valence-corrected chi connectivity index (χ4v) is 2.10. The first-order valence-corrected chi connectivity index (χ1v) is 5.80. The summed E-state index contributed by atoms with van der Waals surface area (Å²) in [7, 11) is 1.38. The number of H-pyrrole nitrogens is 1. The van der Waals surface area contributed by atoms with E-state index < -0.39 is 0 Å². The van der Waals surface area contributed by atoms with Gasteiger partial charge in [-0.2, -0.15) is 5.10 Å². The number of nitrogen functional groups attached to an aromatic ring is 1. The molecular weight excluding hydrogens is 236 g/mol. The van der Waals surface area contributed by atoms with Gasteiger partial charge in [0.05, 0.1) is 13.0 Å². The molecule has 7 nitrogen and oxygen atoms in total. The Morgan fingerprint density at radius 3 is 2.67 bits per heavy atom. The zero-order chi connectivity index (χ0) is 13.1. The maximum atomic E-state index is 12.0. The zero-order valence-corrected chi connectivity index (χ0v) is 10.2. The van der Waals surface area contributed by atoms with Crippen molar-refractivity contribution in [3.05, 3.63) is 11.8 Å². The van der Waals surface area contributed by atoms with Gasteiger partial charge in [-0.3, -0.25) is 14.7 Å². The number of aromatic amines is 1. The Balaban J connectivity index is 1.94. The van der Waals surface area contributed by atoms with Gasteiger partial charge in [-0.05, 0) is 12.8 Å². The lowest BCUT2D eigenvalue weighted by Crippen LogP contribution is -2.40. The van der Waals surface area contributed by atoms with E-state index in [0.29, 0.717) is 37.4 Å². The van der Waals surface area contributed by atoms with E-state index in [1.54, 1.807) is 4.90 Å². The summed E-state index contributed by atoms with van der Waals surface area (Å²) in [6.45, 7) is 1.08. The number of likely N-dealkylation sites (tertiary alicyclic amines) is 1. The average molecular weight is 252 g/mol. The maximum Gasteiger partial charge on any atom is 0.308 e. The Bertz CT molecular complexity index is 449. The molecule has 0 saturated carbocycles. The largest absolute Gasteiger partial charge is 0.469 e. The summed E-state index contributed by atoms with van der Waals surface area (Å²) in [6, 6.07) is 1.51. The molecule has 2 rings (SSSR count). The van der Waals surface area contributed by atoms with Crippen LogP contribution in [0.4, 0.5) is 5.82 Å². The van der Waals surface area contributed by atoms with E-state index in [4.69, 9.17) is 10.5 Å². The van der Waals surface area contributed by atoms with Crippen molar-refractivity contribution < 1.29 is 14.3 Å². The first-order chi connectivity index (χ1) is 8.61. The number of ether oxygens (including phenoxy) is 1. The first kappa shape index (κ1) is 12.4. The molecule has 1 aromatic heterocycles. The number of esters is 1. The van der Waals surface area contributed by atoms with Gasteiger partial charge in [-0.15, -0.1) is 0 Å². The lowest BCUT2D eigenvalue weighted by molar-refractivity contribution is -0.146. The second kappa shape index (κ2) is 5.07. The van der Waals surface area contributed by atoms with E-state index in [9.17, 15) is 9.59 Å². The Hall–Kier alpha value is -2.05. The molecule has 1 aliphatic heterocycles. The van der Waals surface area contributed by atoms with Gasteiger partial charge in [0.15, 0.2) is 0 Å². The minimum absolute atomic E-state index is 0.106. The molecule has 3 N–H and O–H groups in total. The number of nitrogens with one attached hydrogen (secondary N) is 1. The quantitative estimate of drug-likeness (QED) is 0.722. The predicted molar refractivity (Wildman–Crippen MR) is 63.6 cm³/mol. The van der Waals surface area contributed by atoms with Crippen LogP contribution >= 0.6 is 0 Å². The van der Waals surface area contributed by atoms with Gasteiger partial charge < -0.3 is 15.4 Å². The maximum absolute atomic E-state index is 12.0. The van der Waals surface area contributed by atoms with E-state index in [1.807, 2.05) is 0 Å². The molecule has 0 unspecified atom stereocenters. The number of aromatic nitrogens is 2. The minimum Gasteiger partial charge on any atom is -0.469 e. The van der Waals surface area contributed by atoms with Crippen molar-refractivity contribution in [2.75, 3.05) is 25.9 Å². The predicted octanol–water partition coefficient (Wildman–Crippen LogP) is 0.0171. The lowest BCUT2D eigenvalue weighted by atomic mass is 9.97. The van der Waals surface area contributed by atoms with Gasteiger partial charge in [0.1, 0.15) is 11.5 Å². The minimum atomic E-state index is -0.201. The van der Waals surface area contributed by atoms with E-state index >= 15 is 0 Å². The number of carbonyl (C=O) groups excluding carboxylic acids is 2. The van der Waals surface area contributed by atoms with Gasteiger partial charge in [0.2, 0.25) is 0 Å². The third-order valence-corrected chi connectivity index (χ3v) is 3.14. The SMILES string of the molecule is COC(=O)C1CCN(C(=O)c2cc(N)n[nH]2)CC1. The highest BCUT2D eigenvalue weighted by Crippen LogP contribution is 2.19. The summed E-state index contributed by atoms with van der Waals surface area (Å²) in [4.78, 5) is 25.1. The molecule has 1 amide bonds. The van der Waals surface area contributed by atoms with E-state index in [1.165, 1.54) is 13.2 Å². The van der Waals surface area contributed by atoms with Crippen LogP contribution < -0.4 is 5.73 Å². The van der Waals surface area contributed by atoms with Crippen LogP contribution in [-0.4, -0.2) is 47.2 Å². The molecule has 98 valence electrons. The number of hydrogen-bond acceptors (Lipinski definition) is 5. The topological polar surface area (TPSA) is 101 Å². The first-order valence-electron chi connectivity index (χ1n) is 5.80. The molecule has 0 spiro atoms. The summed E-state index contributed by atoms with van der Waals surface area (Å²) < 4.78 is 4.70. The third kappa shape index (κ3) is 2.44. The van der Waals surface area contributed by atoms with Crippen molar-refractivity contribution >= 4 is 17.7 Å². The fraction of sp³-hybridized carbons (Fsp3) is 0.545. The van der Waals surface area contributed by atoms with Crippen molar-refractivity contribution in [3.63, 3.8) is 0 Å². The van der Waals surface area contributed by atoms with Crippen LogP contribution in [0.3, 0.4) is 0 Å². The number of nitrogens with zero attached hydrogens (tertiary/aromatic N) is 2.